The topological polar surface area (TPSA) is 137 Å². The molecule has 8 rings (SSSR count). The lowest BCUT2D eigenvalue weighted by molar-refractivity contribution is -0.135. The number of hydrogen-bond acceptors (Lipinski definition) is 11. The second-order valence-corrected chi connectivity index (χ2v) is 20.3. The Morgan fingerprint density at radius 2 is 1.84 bits per heavy atom. The highest BCUT2D eigenvalue weighted by molar-refractivity contribution is 6.33. The van der Waals surface area contributed by atoms with Crippen LogP contribution in [0.25, 0.3) is 33.1 Å². The molecule has 0 bridgehead atoms. The summed E-state index contributed by atoms with van der Waals surface area (Å²) >= 11 is 7.24. The molecular weight excluding hydrogens is 839 g/mol. The van der Waals surface area contributed by atoms with Crippen LogP contribution in [0.2, 0.25) is 5.02 Å². The van der Waals surface area contributed by atoms with Gasteiger partial charge in [0.15, 0.2) is 12.0 Å². The predicted molar refractivity (Wildman–Crippen MR) is 244 cm³/mol. The second kappa shape index (κ2) is 18.4. The highest BCUT2D eigenvalue weighted by atomic mass is 35.5. The fourth-order valence-corrected chi connectivity index (χ4v) is 10.3. The number of nitrogens with zero attached hydrogens (tertiary/aromatic N) is 8. The number of carbonyl (C=O) groups is 2. The van der Waals surface area contributed by atoms with Crippen LogP contribution in [0.3, 0.4) is 0 Å². The normalized spacial score (nSPS) is 21.8. The fourth-order valence-electron chi connectivity index (χ4n) is 9.99. The monoisotopic (exact) mass is 902 g/mol. The van der Waals surface area contributed by atoms with Crippen LogP contribution in [0, 0.1) is 5.82 Å². The Kier molecular flexibility index (Phi) is 13.2. The van der Waals surface area contributed by atoms with Gasteiger partial charge in [0, 0.05) is 54.8 Å². The zero-order valence-corrected chi connectivity index (χ0v) is 39.4. The summed E-state index contributed by atoms with van der Waals surface area (Å²) in [5.41, 5.74) is 1.67. The van der Waals surface area contributed by atoms with Crippen molar-refractivity contribution in [2.24, 2.45) is 0 Å². The number of likely N-dealkylation sites (tertiary alicyclic amines) is 1. The summed E-state index contributed by atoms with van der Waals surface area (Å²) in [5.74, 6) is -0.504. The Labute approximate surface area is 380 Å². The number of halogens is 2. The maximum absolute atomic E-state index is 17.6. The van der Waals surface area contributed by atoms with Gasteiger partial charge in [0.2, 0.25) is 11.8 Å². The molecule has 2 unspecified atom stereocenters. The largest absolute Gasteiger partial charge is 0.471 e. The SMILES string of the molecule is C=C1CN2CCCC2(COc2nc(OC(C)(C)C)c3cnc(-c4c(CCCCC(=O)N5CCC[C@@H]5N(CC)C(=O)OC(C)(C)C)c(Cl)cc5c4cnn5C4CCCCO4)c(F)c3n2)C1. The summed E-state index contributed by atoms with van der Waals surface area (Å²) in [5, 5.41) is 6.21. The van der Waals surface area contributed by atoms with Gasteiger partial charge in [-0.2, -0.15) is 15.1 Å². The van der Waals surface area contributed by atoms with Crippen molar-refractivity contribution >= 4 is 45.4 Å². The Morgan fingerprint density at radius 1 is 1.03 bits per heavy atom. The molecule has 0 radical (unpaired) electrons. The number of ether oxygens (including phenoxy) is 4. The van der Waals surface area contributed by atoms with Gasteiger partial charge in [-0.05, 0) is 137 Å². The molecule has 16 heteroatoms. The first-order valence-corrected chi connectivity index (χ1v) is 23.5. The van der Waals surface area contributed by atoms with Gasteiger partial charge in [0.1, 0.15) is 35.2 Å². The van der Waals surface area contributed by atoms with Crippen molar-refractivity contribution in [3.05, 3.63) is 47.0 Å². The van der Waals surface area contributed by atoms with Crippen molar-refractivity contribution < 1.29 is 32.9 Å². The van der Waals surface area contributed by atoms with Crippen molar-refractivity contribution in [1.29, 1.82) is 0 Å². The lowest BCUT2D eigenvalue weighted by Crippen LogP contribution is -2.51. The molecule has 1 aromatic carbocycles. The van der Waals surface area contributed by atoms with Gasteiger partial charge >= 0.3 is 12.1 Å². The summed E-state index contributed by atoms with van der Waals surface area (Å²) in [6.45, 7) is 21.2. The molecule has 4 aromatic rings. The maximum Gasteiger partial charge on any atom is 0.411 e. The lowest BCUT2D eigenvalue weighted by Gasteiger charge is -2.35. The first-order chi connectivity index (χ1) is 30.4. The first kappa shape index (κ1) is 45.9. The minimum Gasteiger partial charge on any atom is -0.471 e. The van der Waals surface area contributed by atoms with Gasteiger partial charge < -0.3 is 23.8 Å². The Morgan fingerprint density at radius 3 is 2.58 bits per heavy atom. The van der Waals surface area contributed by atoms with E-state index in [2.05, 4.69) is 16.5 Å². The van der Waals surface area contributed by atoms with Crippen LogP contribution in [-0.4, -0.2) is 114 Å². The average molecular weight is 904 g/mol. The maximum atomic E-state index is 17.6. The average Bonchev–Trinajstić information content (AvgIpc) is 4.02. The smallest absolute Gasteiger partial charge is 0.411 e. The summed E-state index contributed by atoms with van der Waals surface area (Å²) in [7, 11) is 0. The minimum absolute atomic E-state index is 0.0196. The number of pyridine rings is 1. The Balaban J connectivity index is 1.12. The molecule has 3 aromatic heterocycles. The van der Waals surface area contributed by atoms with E-state index in [0.29, 0.717) is 84.4 Å². The molecule has 2 amide bonds. The van der Waals surface area contributed by atoms with Gasteiger partial charge in [-0.15, -0.1) is 0 Å². The number of aromatic nitrogens is 5. The second-order valence-electron chi connectivity index (χ2n) is 19.9. The number of carbonyl (C=O) groups excluding carboxylic acids is 2. The van der Waals surface area contributed by atoms with Gasteiger partial charge in [0.05, 0.1) is 22.6 Å². The molecule has 4 saturated heterocycles. The van der Waals surface area contributed by atoms with Gasteiger partial charge in [0.25, 0.3) is 0 Å². The molecule has 0 saturated carbocycles. The number of benzene rings is 1. The zero-order chi connectivity index (χ0) is 45.6. The molecule has 14 nitrogen and oxygen atoms in total. The third-order valence-electron chi connectivity index (χ3n) is 12.8. The summed E-state index contributed by atoms with van der Waals surface area (Å²) in [4.78, 5) is 47.0. The highest BCUT2D eigenvalue weighted by Gasteiger charge is 2.47. The summed E-state index contributed by atoms with van der Waals surface area (Å²) in [6, 6.07) is 1.90. The number of fused-ring (bicyclic) bond motifs is 3. The van der Waals surface area contributed by atoms with E-state index in [0.717, 1.165) is 58.0 Å². The molecule has 64 heavy (non-hydrogen) atoms. The van der Waals surface area contributed by atoms with Crippen LogP contribution in [0.15, 0.2) is 30.6 Å². The zero-order valence-electron chi connectivity index (χ0n) is 38.6. The van der Waals surface area contributed by atoms with Crippen molar-refractivity contribution in [3.63, 3.8) is 0 Å². The van der Waals surface area contributed by atoms with Crippen LogP contribution >= 0.6 is 11.6 Å². The summed E-state index contributed by atoms with van der Waals surface area (Å²) in [6.07, 6.45) is 11.2. The molecule has 346 valence electrons. The van der Waals surface area contributed by atoms with Gasteiger partial charge in [-0.3, -0.25) is 19.6 Å². The first-order valence-electron chi connectivity index (χ1n) is 23.1. The molecule has 0 N–H and O–H groups in total. The molecule has 0 spiro atoms. The summed E-state index contributed by atoms with van der Waals surface area (Å²) < 4.78 is 44.0. The van der Waals surface area contributed by atoms with Crippen molar-refractivity contribution in [3.8, 4) is 23.1 Å². The Bertz CT molecular complexity index is 2410. The molecule has 0 aliphatic carbocycles. The van der Waals surface area contributed by atoms with E-state index >= 15 is 4.39 Å². The van der Waals surface area contributed by atoms with E-state index < -0.39 is 23.1 Å². The number of hydrogen-bond donors (Lipinski definition) is 0. The van der Waals surface area contributed by atoms with Gasteiger partial charge in [-0.25, -0.2) is 13.9 Å². The van der Waals surface area contributed by atoms with E-state index in [4.69, 9.17) is 45.6 Å². The fraction of sp³-hybridized carbons (Fsp3) is 0.625. The standard InChI is InChI=1S/C48H64ClFN8O6/c1-9-56(45(60)64-47(6,7)8)36-17-14-22-57(36)37(59)18-11-10-16-31-34(49)24-35-32(27-52-58(35)38-19-12-13-23-61-38)39(31)42-40(50)41-33(26-51-42)43(63-46(3,4)5)54-44(53-41)62-29-48-20-15-21-55(48)28-30(2)25-48/h24,26-27,36,38H,2,9-23,25,28-29H2,1,3-8H3/t36-,38?,48?/m1/s1. The third kappa shape index (κ3) is 9.53. The molecule has 4 fully saturated rings. The van der Waals surface area contributed by atoms with Gasteiger partial charge in [-0.1, -0.05) is 23.8 Å². The number of amides is 2. The highest BCUT2D eigenvalue weighted by Crippen LogP contribution is 2.43. The van der Waals surface area contributed by atoms with Crippen LogP contribution < -0.4 is 9.47 Å². The van der Waals surface area contributed by atoms with Crippen molar-refractivity contribution in [2.75, 3.05) is 39.4 Å². The van der Waals surface area contributed by atoms with Crippen LogP contribution in [-0.2, 0) is 20.7 Å². The number of rotatable bonds is 13. The van der Waals surface area contributed by atoms with E-state index in [9.17, 15) is 9.59 Å². The molecule has 4 aliphatic heterocycles. The lowest BCUT2D eigenvalue weighted by atomic mass is 9.94. The number of unbranched alkanes of at least 4 members (excludes halogenated alkanes) is 1. The van der Waals surface area contributed by atoms with E-state index in [1.54, 1.807) is 22.2 Å². The van der Waals surface area contributed by atoms with Crippen LogP contribution in [0.4, 0.5) is 9.18 Å². The molecular formula is C48H64ClFN8O6. The van der Waals surface area contributed by atoms with Crippen molar-refractivity contribution in [2.45, 2.75) is 155 Å². The molecule has 7 heterocycles. The van der Waals surface area contributed by atoms with Crippen molar-refractivity contribution in [1.82, 2.24) is 39.4 Å². The van der Waals surface area contributed by atoms with E-state index in [1.807, 2.05) is 59.2 Å². The quantitative estimate of drug-likeness (QED) is 0.0937. The van der Waals surface area contributed by atoms with E-state index in [1.165, 1.54) is 5.57 Å². The van der Waals surface area contributed by atoms with Crippen LogP contribution in [0.5, 0.6) is 11.9 Å². The Hall–Kier alpha value is -4.60. The molecule has 3 atom stereocenters. The minimum atomic E-state index is -0.662. The van der Waals surface area contributed by atoms with E-state index in [-0.39, 0.29) is 53.4 Å². The van der Waals surface area contributed by atoms with Crippen LogP contribution in [0.1, 0.15) is 131 Å². The third-order valence-corrected chi connectivity index (χ3v) is 13.1. The molecule has 4 aliphatic rings. The predicted octanol–water partition coefficient (Wildman–Crippen LogP) is 9.80.